The lowest BCUT2D eigenvalue weighted by atomic mass is 10.1. The van der Waals surface area contributed by atoms with E-state index < -0.39 is 5.97 Å². The second-order valence-corrected chi connectivity index (χ2v) is 5.27. The minimum atomic E-state index is -0.972. The summed E-state index contributed by atoms with van der Waals surface area (Å²) in [4.78, 5) is 12.6. The van der Waals surface area contributed by atoms with Crippen LogP contribution in [0.15, 0.2) is 46.9 Å². The molecule has 0 aliphatic rings. The van der Waals surface area contributed by atoms with Gasteiger partial charge in [0, 0.05) is 18.1 Å². The topological polar surface area (TPSA) is 40.5 Å². The standard InChI is InChI=1S/C15H13BrFNO2/c1-18(14-5-3-2-4-13(14)17)9-11-7-6-10(15(19)20)8-12(11)16/h2-8H,9H2,1H3,(H,19,20). The summed E-state index contributed by atoms with van der Waals surface area (Å²) >= 11 is 3.35. The molecule has 0 spiro atoms. The highest BCUT2D eigenvalue weighted by Gasteiger charge is 2.11. The number of carbonyl (C=O) groups is 1. The summed E-state index contributed by atoms with van der Waals surface area (Å²) in [5, 5.41) is 8.92. The third kappa shape index (κ3) is 3.17. The maximum Gasteiger partial charge on any atom is 0.335 e. The molecule has 104 valence electrons. The van der Waals surface area contributed by atoms with Crippen LogP contribution in [-0.4, -0.2) is 18.1 Å². The minimum Gasteiger partial charge on any atom is -0.478 e. The Morgan fingerprint density at radius 1 is 1.30 bits per heavy atom. The summed E-state index contributed by atoms with van der Waals surface area (Å²) in [6.45, 7) is 0.474. The molecule has 0 heterocycles. The first-order valence-corrected chi connectivity index (χ1v) is 6.75. The van der Waals surface area contributed by atoms with E-state index in [0.29, 0.717) is 16.7 Å². The second kappa shape index (κ2) is 6.05. The number of halogens is 2. The molecule has 0 atom stereocenters. The van der Waals surface area contributed by atoms with Crippen molar-refractivity contribution in [3.8, 4) is 0 Å². The zero-order chi connectivity index (χ0) is 14.7. The fraction of sp³-hybridized carbons (Fsp3) is 0.133. The number of hydrogen-bond donors (Lipinski definition) is 1. The number of para-hydroxylation sites is 1. The number of hydrogen-bond acceptors (Lipinski definition) is 2. The molecule has 0 amide bonds. The number of rotatable bonds is 4. The van der Waals surface area contributed by atoms with Crippen LogP contribution in [0.5, 0.6) is 0 Å². The molecule has 1 N–H and O–H groups in total. The van der Waals surface area contributed by atoms with Crippen LogP contribution in [0.2, 0.25) is 0 Å². The predicted molar refractivity (Wildman–Crippen MR) is 79.6 cm³/mol. The first kappa shape index (κ1) is 14.5. The highest BCUT2D eigenvalue weighted by molar-refractivity contribution is 9.10. The van der Waals surface area contributed by atoms with E-state index in [9.17, 15) is 9.18 Å². The van der Waals surface area contributed by atoms with Gasteiger partial charge in [-0.15, -0.1) is 0 Å². The van der Waals surface area contributed by atoms with Gasteiger partial charge in [0.2, 0.25) is 0 Å². The van der Waals surface area contributed by atoms with Gasteiger partial charge in [0.05, 0.1) is 11.3 Å². The first-order chi connectivity index (χ1) is 9.49. The number of benzene rings is 2. The van der Waals surface area contributed by atoms with Crippen molar-refractivity contribution < 1.29 is 14.3 Å². The number of nitrogens with zero attached hydrogens (tertiary/aromatic N) is 1. The first-order valence-electron chi connectivity index (χ1n) is 5.96. The summed E-state index contributed by atoms with van der Waals surface area (Å²) in [7, 11) is 1.79. The van der Waals surface area contributed by atoms with Crippen molar-refractivity contribution in [3.63, 3.8) is 0 Å². The van der Waals surface area contributed by atoms with Gasteiger partial charge >= 0.3 is 5.97 Å². The molecule has 0 radical (unpaired) electrons. The summed E-state index contributed by atoms with van der Waals surface area (Å²) in [6.07, 6.45) is 0. The highest BCUT2D eigenvalue weighted by Crippen LogP contribution is 2.24. The van der Waals surface area contributed by atoms with Gasteiger partial charge in [-0.2, -0.15) is 0 Å². The van der Waals surface area contributed by atoms with E-state index in [1.54, 1.807) is 42.3 Å². The average molecular weight is 338 g/mol. The number of aromatic carboxylic acids is 1. The molecule has 0 aromatic heterocycles. The summed E-state index contributed by atoms with van der Waals surface area (Å²) in [5.41, 5.74) is 1.61. The van der Waals surface area contributed by atoms with E-state index in [0.717, 1.165) is 5.56 Å². The van der Waals surface area contributed by atoms with E-state index in [1.807, 2.05) is 0 Å². The zero-order valence-electron chi connectivity index (χ0n) is 10.8. The zero-order valence-corrected chi connectivity index (χ0v) is 12.4. The quantitative estimate of drug-likeness (QED) is 0.919. The largest absolute Gasteiger partial charge is 0.478 e. The summed E-state index contributed by atoms with van der Waals surface area (Å²) < 4.78 is 14.4. The van der Waals surface area contributed by atoms with Crippen molar-refractivity contribution >= 4 is 27.6 Å². The van der Waals surface area contributed by atoms with E-state index in [4.69, 9.17) is 5.11 Å². The summed E-state index contributed by atoms with van der Waals surface area (Å²) in [6, 6.07) is 11.3. The lowest BCUT2D eigenvalue weighted by Gasteiger charge is -2.20. The molecule has 0 saturated carbocycles. The Bertz CT molecular complexity index is 646. The van der Waals surface area contributed by atoms with Crippen LogP contribution in [0.1, 0.15) is 15.9 Å². The van der Waals surface area contributed by atoms with Gasteiger partial charge in [-0.3, -0.25) is 0 Å². The van der Waals surface area contributed by atoms with Crippen molar-refractivity contribution in [1.29, 1.82) is 0 Å². The number of carboxylic acids is 1. The van der Waals surface area contributed by atoms with Gasteiger partial charge < -0.3 is 10.0 Å². The van der Waals surface area contributed by atoms with Crippen LogP contribution < -0.4 is 4.90 Å². The number of carboxylic acid groups (broad SMARTS) is 1. The molecular formula is C15H13BrFNO2. The van der Waals surface area contributed by atoms with Crippen molar-refractivity contribution in [2.75, 3.05) is 11.9 Å². The van der Waals surface area contributed by atoms with Crippen LogP contribution in [-0.2, 0) is 6.54 Å². The van der Waals surface area contributed by atoms with Gasteiger partial charge in [-0.1, -0.05) is 34.1 Å². The van der Waals surface area contributed by atoms with Crippen LogP contribution in [0.4, 0.5) is 10.1 Å². The van der Waals surface area contributed by atoms with E-state index in [2.05, 4.69) is 15.9 Å². The van der Waals surface area contributed by atoms with Crippen molar-refractivity contribution in [1.82, 2.24) is 0 Å². The molecule has 0 saturated heterocycles. The van der Waals surface area contributed by atoms with Crippen LogP contribution in [0.3, 0.4) is 0 Å². The van der Waals surface area contributed by atoms with Gasteiger partial charge in [0.25, 0.3) is 0 Å². The fourth-order valence-corrected chi connectivity index (χ4v) is 2.41. The Morgan fingerprint density at radius 2 is 2.00 bits per heavy atom. The van der Waals surface area contributed by atoms with Crippen LogP contribution in [0.25, 0.3) is 0 Å². The van der Waals surface area contributed by atoms with Crippen LogP contribution >= 0.6 is 15.9 Å². The van der Waals surface area contributed by atoms with E-state index in [1.165, 1.54) is 12.1 Å². The predicted octanol–water partition coefficient (Wildman–Crippen LogP) is 3.92. The average Bonchev–Trinajstić information content (AvgIpc) is 2.41. The Balaban J connectivity index is 2.22. The van der Waals surface area contributed by atoms with Gasteiger partial charge in [-0.05, 0) is 29.8 Å². The smallest absolute Gasteiger partial charge is 0.335 e. The molecule has 3 nitrogen and oxygen atoms in total. The SMILES string of the molecule is CN(Cc1ccc(C(=O)O)cc1Br)c1ccccc1F. The third-order valence-corrected chi connectivity index (χ3v) is 3.71. The molecule has 5 heteroatoms. The Kier molecular flexibility index (Phi) is 4.39. The van der Waals surface area contributed by atoms with E-state index in [-0.39, 0.29) is 11.4 Å². The maximum absolute atomic E-state index is 13.7. The normalized spacial score (nSPS) is 10.3. The molecule has 20 heavy (non-hydrogen) atoms. The molecule has 0 bridgehead atoms. The van der Waals surface area contributed by atoms with Gasteiger partial charge in [0.15, 0.2) is 0 Å². The lowest BCUT2D eigenvalue weighted by Crippen LogP contribution is -2.18. The molecular weight excluding hydrogens is 325 g/mol. The second-order valence-electron chi connectivity index (χ2n) is 4.42. The monoisotopic (exact) mass is 337 g/mol. The van der Waals surface area contributed by atoms with Crippen molar-refractivity contribution in [3.05, 3.63) is 63.9 Å². The highest BCUT2D eigenvalue weighted by atomic mass is 79.9. The minimum absolute atomic E-state index is 0.217. The van der Waals surface area contributed by atoms with Crippen molar-refractivity contribution in [2.24, 2.45) is 0 Å². The molecule has 0 fully saturated rings. The lowest BCUT2D eigenvalue weighted by molar-refractivity contribution is 0.0697. The Hall–Kier alpha value is -1.88. The molecule has 0 aliphatic carbocycles. The van der Waals surface area contributed by atoms with E-state index >= 15 is 0 Å². The molecule has 0 aliphatic heterocycles. The fourth-order valence-electron chi connectivity index (χ4n) is 1.91. The van der Waals surface area contributed by atoms with Gasteiger partial charge in [-0.25, -0.2) is 9.18 Å². The summed E-state index contributed by atoms with van der Waals surface area (Å²) in [5.74, 6) is -1.26. The Morgan fingerprint density at radius 3 is 2.60 bits per heavy atom. The van der Waals surface area contributed by atoms with Crippen LogP contribution in [0, 0.1) is 5.82 Å². The third-order valence-electron chi connectivity index (χ3n) is 2.97. The Labute approximate surface area is 124 Å². The maximum atomic E-state index is 13.7. The number of anilines is 1. The van der Waals surface area contributed by atoms with Gasteiger partial charge in [0.1, 0.15) is 5.82 Å². The molecule has 0 unspecified atom stereocenters. The molecule has 2 aromatic carbocycles. The van der Waals surface area contributed by atoms with Crippen molar-refractivity contribution in [2.45, 2.75) is 6.54 Å². The molecule has 2 aromatic rings. The molecule has 2 rings (SSSR count).